The number of hydrogen-bond acceptors (Lipinski definition) is 3. The molecule has 0 amide bonds. The first-order valence-corrected chi connectivity index (χ1v) is 6.64. The molecule has 2 saturated heterocycles. The van der Waals surface area contributed by atoms with Gasteiger partial charge in [0.2, 0.25) is 10.0 Å². The lowest BCUT2D eigenvalue weighted by molar-refractivity contribution is 0.0266. The van der Waals surface area contributed by atoms with Gasteiger partial charge in [0.15, 0.2) is 0 Å². The Labute approximate surface area is 85.3 Å². The van der Waals surface area contributed by atoms with E-state index in [-0.39, 0.29) is 17.3 Å². The fourth-order valence-corrected chi connectivity index (χ4v) is 3.90. The minimum Gasteiger partial charge on any atom is -0.378 e. The average molecular weight is 219 g/mol. The first-order valence-electron chi connectivity index (χ1n) is 5.13. The van der Waals surface area contributed by atoms with Gasteiger partial charge in [0.25, 0.3) is 0 Å². The molecule has 2 aliphatic heterocycles. The molecular weight excluding hydrogens is 202 g/mol. The van der Waals surface area contributed by atoms with Gasteiger partial charge in [-0.1, -0.05) is 0 Å². The van der Waals surface area contributed by atoms with Gasteiger partial charge >= 0.3 is 0 Å². The monoisotopic (exact) mass is 219 g/mol. The zero-order valence-electron chi connectivity index (χ0n) is 8.64. The fraction of sp³-hybridized carbons (Fsp3) is 1.00. The van der Waals surface area contributed by atoms with Crippen molar-refractivity contribution in [1.82, 2.24) is 4.31 Å². The predicted octanol–water partition coefficient (Wildman–Crippen LogP) is 0.588. The van der Waals surface area contributed by atoms with Crippen LogP contribution in [0.1, 0.15) is 26.7 Å². The Balaban J connectivity index is 2.27. The Kier molecular flexibility index (Phi) is 2.57. The van der Waals surface area contributed by atoms with E-state index in [0.717, 1.165) is 12.8 Å². The van der Waals surface area contributed by atoms with E-state index in [1.165, 1.54) is 0 Å². The highest BCUT2D eigenvalue weighted by Crippen LogP contribution is 2.32. The molecule has 0 spiro atoms. The lowest BCUT2D eigenvalue weighted by atomic mass is 10.2. The average Bonchev–Trinajstić information content (AvgIpc) is 2.38. The molecule has 2 bridgehead atoms. The molecule has 2 rings (SSSR count). The van der Waals surface area contributed by atoms with Crippen LogP contribution in [-0.4, -0.2) is 43.3 Å². The van der Waals surface area contributed by atoms with Crippen molar-refractivity contribution in [2.24, 2.45) is 0 Å². The van der Waals surface area contributed by atoms with Crippen molar-refractivity contribution in [1.29, 1.82) is 0 Å². The molecule has 14 heavy (non-hydrogen) atoms. The zero-order valence-corrected chi connectivity index (χ0v) is 9.46. The highest BCUT2D eigenvalue weighted by molar-refractivity contribution is 7.89. The van der Waals surface area contributed by atoms with Crippen molar-refractivity contribution in [2.45, 2.75) is 44.0 Å². The summed E-state index contributed by atoms with van der Waals surface area (Å²) >= 11 is 0. The number of hydrogen-bond donors (Lipinski definition) is 0. The molecule has 2 unspecified atom stereocenters. The van der Waals surface area contributed by atoms with Crippen molar-refractivity contribution < 1.29 is 13.2 Å². The molecule has 0 aromatic carbocycles. The van der Waals surface area contributed by atoms with Crippen molar-refractivity contribution >= 4 is 10.0 Å². The topological polar surface area (TPSA) is 46.6 Å². The molecule has 0 radical (unpaired) electrons. The van der Waals surface area contributed by atoms with E-state index in [9.17, 15) is 8.42 Å². The van der Waals surface area contributed by atoms with E-state index in [0.29, 0.717) is 13.2 Å². The molecule has 0 aromatic heterocycles. The van der Waals surface area contributed by atoms with Crippen molar-refractivity contribution in [3.8, 4) is 0 Å². The molecule has 5 heteroatoms. The zero-order chi connectivity index (χ0) is 10.3. The SMILES string of the molecule is CC(C)S(=O)(=O)N1C2CCC1COC2. The van der Waals surface area contributed by atoms with E-state index in [1.54, 1.807) is 18.2 Å². The van der Waals surface area contributed by atoms with Crippen LogP contribution < -0.4 is 0 Å². The van der Waals surface area contributed by atoms with E-state index >= 15 is 0 Å². The van der Waals surface area contributed by atoms with Crippen molar-refractivity contribution in [3.63, 3.8) is 0 Å². The Morgan fingerprint density at radius 2 is 1.71 bits per heavy atom. The first kappa shape index (κ1) is 10.4. The number of morpholine rings is 1. The molecule has 2 fully saturated rings. The molecule has 4 nitrogen and oxygen atoms in total. The highest BCUT2D eigenvalue weighted by Gasteiger charge is 2.45. The van der Waals surface area contributed by atoms with Crippen molar-refractivity contribution in [3.05, 3.63) is 0 Å². The Morgan fingerprint density at radius 1 is 1.21 bits per heavy atom. The third-order valence-corrected chi connectivity index (χ3v) is 5.44. The van der Waals surface area contributed by atoms with Crippen molar-refractivity contribution in [2.75, 3.05) is 13.2 Å². The van der Waals surface area contributed by atoms with Crippen LogP contribution in [0.2, 0.25) is 0 Å². The summed E-state index contributed by atoms with van der Waals surface area (Å²) in [4.78, 5) is 0. The molecule has 0 aromatic rings. The lowest BCUT2D eigenvalue weighted by Gasteiger charge is -2.34. The minimum atomic E-state index is -3.08. The van der Waals surface area contributed by atoms with Gasteiger partial charge in [-0.3, -0.25) is 0 Å². The van der Waals surface area contributed by atoms with E-state index in [2.05, 4.69) is 0 Å². The molecule has 0 N–H and O–H groups in total. The summed E-state index contributed by atoms with van der Waals surface area (Å²) < 4.78 is 31.1. The summed E-state index contributed by atoms with van der Waals surface area (Å²) in [5.74, 6) is 0. The normalized spacial score (nSPS) is 33.9. The molecular formula is C9H17NO3S. The van der Waals surface area contributed by atoms with Crippen LogP contribution in [-0.2, 0) is 14.8 Å². The minimum absolute atomic E-state index is 0.0983. The maximum atomic E-state index is 12.0. The fourth-order valence-electron chi connectivity index (χ4n) is 2.25. The maximum Gasteiger partial charge on any atom is 0.217 e. The molecule has 82 valence electrons. The van der Waals surface area contributed by atoms with E-state index < -0.39 is 10.0 Å². The van der Waals surface area contributed by atoms with Gasteiger partial charge < -0.3 is 4.74 Å². The van der Waals surface area contributed by atoms with Gasteiger partial charge in [0, 0.05) is 12.1 Å². The van der Waals surface area contributed by atoms with Gasteiger partial charge in [-0.2, -0.15) is 4.31 Å². The third-order valence-electron chi connectivity index (χ3n) is 3.06. The third kappa shape index (κ3) is 1.47. The van der Waals surface area contributed by atoms with Gasteiger partial charge in [-0.15, -0.1) is 0 Å². The lowest BCUT2D eigenvalue weighted by Crippen LogP contribution is -2.51. The summed E-state index contributed by atoms with van der Waals surface area (Å²) in [5.41, 5.74) is 0. The van der Waals surface area contributed by atoms with Crippen LogP contribution in [0.25, 0.3) is 0 Å². The summed E-state index contributed by atoms with van der Waals surface area (Å²) in [6, 6.07) is 0.197. The van der Waals surface area contributed by atoms with Gasteiger partial charge in [0.05, 0.1) is 18.5 Å². The van der Waals surface area contributed by atoms with Crippen LogP contribution in [0.4, 0.5) is 0 Å². The molecule has 0 aliphatic carbocycles. The highest BCUT2D eigenvalue weighted by atomic mass is 32.2. The van der Waals surface area contributed by atoms with E-state index in [1.807, 2.05) is 0 Å². The summed E-state index contributed by atoms with van der Waals surface area (Å²) in [5, 5.41) is -0.316. The first-order chi connectivity index (χ1) is 6.53. The second-order valence-electron chi connectivity index (χ2n) is 4.35. The Bertz CT molecular complexity index is 296. The van der Waals surface area contributed by atoms with Gasteiger partial charge in [-0.05, 0) is 26.7 Å². The summed E-state index contributed by atoms with van der Waals surface area (Å²) in [7, 11) is -3.08. The Hall–Kier alpha value is -0.130. The van der Waals surface area contributed by atoms with Crippen LogP contribution in [0.15, 0.2) is 0 Å². The number of sulfonamides is 1. The Morgan fingerprint density at radius 3 is 2.14 bits per heavy atom. The predicted molar refractivity (Wildman–Crippen MR) is 53.5 cm³/mol. The van der Waals surface area contributed by atoms with E-state index in [4.69, 9.17) is 4.74 Å². The summed E-state index contributed by atoms with van der Waals surface area (Å²) in [6.07, 6.45) is 1.91. The largest absolute Gasteiger partial charge is 0.378 e. The summed E-state index contributed by atoms with van der Waals surface area (Å²) in [6.45, 7) is 4.62. The number of ether oxygens (including phenoxy) is 1. The van der Waals surface area contributed by atoms with Crippen LogP contribution in [0.5, 0.6) is 0 Å². The number of nitrogens with zero attached hydrogens (tertiary/aromatic N) is 1. The number of fused-ring (bicyclic) bond motifs is 2. The van der Waals surface area contributed by atoms with Crippen LogP contribution >= 0.6 is 0 Å². The van der Waals surface area contributed by atoms with Crippen LogP contribution in [0, 0.1) is 0 Å². The molecule has 2 heterocycles. The van der Waals surface area contributed by atoms with Crippen LogP contribution in [0.3, 0.4) is 0 Å². The molecule has 2 aliphatic rings. The second-order valence-corrected chi connectivity index (χ2v) is 6.74. The quantitative estimate of drug-likeness (QED) is 0.683. The van der Waals surface area contributed by atoms with Gasteiger partial charge in [0.1, 0.15) is 0 Å². The molecule has 2 atom stereocenters. The second kappa shape index (κ2) is 3.47. The smallest absolute Gasteiger partial charge is 0.217 e. The van der Waals surface area contributed by atoms with Gasteiger partial charge in [-0.25, -0.2) is 8.42 Å². The number of rotatable bonds is 2. The maximum absolute atomic E-state index is 12.0. The molecule has 0 saturated carbocycles. The standard InChI is InChI=1S/C9H17NO3S/c1-7(2)14(11,12)10-8-3-4-9(10)6-13-5-8/h7-9H,3-6H2,1-2H3.